The average molecular weight is 200 g/mol. The number of aliphatic hydroxyl groups is 1. The smallest absolute Gasteiger partial charge is 0.0558 e. The van der Waals surface area contributed by atoms with Crippen molar-refractivity contribution in [1.82, 2.24) is 9.80 Å². The molecule has 0 bridgehead atoms. The number of hydrogen-bond acceptors (Lipinski definition) is 3. The van der Waals surface area contributed by atoms with E-state index >= 15 is 0 Å². The van der Waals surface area contributed by atoms with Crippen LogP contribution in [0.3, 0.4) is 0 Å². The summed E-state index contributed by atoms with van der Waals surface area (Å²) in [6, 6.07) is 0.592. The van der Waals surface area contributed by atoms with E-state index < -0.39 is 0 Å². The number of piperazine rings is 1. The number of nitrogens with zero attached hydrogens (tertiary/aromatic N) is 2. The van der Waals surface area contributed by atoms with Crippen LogP contribution in [0, 0.1) is 5.92 Å². The van der Waals surface area contributed by atoms with Crippen LogP contribution in [0.25, 0.3) is 0 Å². The zero-order valence-corrected chi connectivity index (χ0v) is 9.74. The molecular weight excluding hydrogens is 176 g/mol. The van der Waals surface area contributed by atoms with E-state index in [4.69, 9.17) is 5.11 Å². The van der Waals surface area contributed by atoms with E-state index in [9.17, 15) is 0 Å². The number of β-amino-alcohol motifs (C(OH)–C–C–N with tert-alkyl or cyclic N) is 1. The van der Waals surface area contributed by atoms with Crippen molar-refractivity contribution in [2.75, 3.05) is 39.3 Å². The van der Waals surface area contributed by atoms with Crippen LogP contribution >= 0.6 is 0 Å². The Kier molecular flexibility index (Phi) is 4.85. The fourth-order valence-corrected chi connectivity index (χ4v) is 2.21. The molecule has 0 unspecified atom stereocenters. The molecule has 1 aliphatic rings. The number of hydrogen-bond donors (Lipinski definition) is 1. The molecule has 0 radical (unpaired) electrons. The van der Waals surface area contributed by atoms with Crippen LogP contribution in [-0.2, 0) is 0 Å². The second-order valence-corrected chi connectivity index (χ2v) is 4.76. The van der Waals surface area contributed by atoms with Crippen LogP contribution in [0.4, 0.5) is 0 Å². The van der Waals surface area contributed by atoms with E-state index in [1.54, 1.807) is 0 Å². The first-order valence-corrected chi connectivity index (χ1v) is 5.70. The van der Waals surface area contributed by atoms with Gasteiger partial charge in [-0.25, -0.2) is 0 Å². The van der Waals surface area contributed by atoms with Crippen LogP contribution in [0.5, 0.6) is 0 Å². The Balaban J connectivity index is 2.31. The molecule has 3 nitrogen and oxygen atoms in total. The standard InChI is InChI=1S/C11H24N2O/c1-10(2)8-12-4-5-13(6-7-14)11(3)9-12/h10-11,14H,4-9H2,1-3H3/t11-/m0/s1. The summed E-state index contributed by atoms with van der Waals surface area (Å²) >= 11 is 0. The van der Waals surface area contributed by atoms with E-state index in [0.29, 0.717) is 6.04 Å². The molecule has 0 spiro atoms. The quantitative estimate of drug-likeness (QED) is 0.721. The maximum atomic E-state index is 8.89. The van der Waals surface area contributed by atoms with Gasteiger partial charge in [-0.05, 0) is 12.8 Å². The Morgan fingerprint density at radius 1 is 1.36 bits per heavy atom. The molecule has 1 saturated heterocycles. The summed E-state index contributed by atoms with van der Waals surface area (Å²) in [5, 5.41) is 8.89. The maximum Gasteiger partial charge on any atom is 0.0558 e. The molecule has 1 N–H and O–H groups in total. The molecule has 1 atom stereocenters. The van der Waals surface area contributed by atoms with Gasteiger partial charge in [-0.15, -0.1) is 0 Å². The fourth-order valence-electron chi connectivity index (χ4n) is 2.21. The summed E-state index contributed by atoms with van der Waals surface area (Å²) in [6.07, 6.45) is 0. The summed E-state index contributed by atoms with van der Waals surface area (Å²) in [5.74, 6) is 0.756. The van der Waals surface area contributed by atoms with E-state index in [2.05, 4.69) is 30.6 Å². The highest BCUT2D eigenvalue weighted by molar-refractivity contribution is 4.79. The molecule has 0 aliphatic carbocycles. The normalized spacial score (nSPS) is 25.9. The lowest BCUT2D eigenvalue weighted by atomic mass is 10.1. The predicted octanol–water partition coefficient (Wildman–Crippen LogP) is 0.641. The lowest BCUT2D eigenvalue weighted by Gasteiger charge is -2.40. The third-order valence-corrected chi connectivity index (χ3v) is 2.86. The lowest BCUT2D eigenvalue weighted by molar-refractivity contribution is 0.0628. The zero-order chi connectivity index (χ0) is 10.6. The molecule has 0 aromatic heterocycles. The second-order valence-electron chi connectivity index (χ2n) is 4.76. The van der Waals surface area contributed by atoms with Crippen LogP contribution < -0.4 is 0 Å². The molecular formula is C11H24N2O. The monoisotopic (exact) mass is 200 g/mol. The van der Waals surface area contributed by atoms with E-state index in [1.165, 1.54) is 6.54 Å². The van der Waals surface area contributed by atoms with Crippen molar-refractivity contribution in [2.24, 2.45) is 5.92 Å². The first kappa shape index (κ1) is 12.0. The fraction of sp³-hybridized carbons (Fsp3) is 1.00. The van der Waals surface area contributed by atoms with Crippen LogP contribution in [-0.4, -0.2) is 60.3 Å². The van der Waals surface area contributed by atoms with Gasteiger partial charge in [0, 0.05) is 38.8 Å². The third-order valence-electron chi connectivity index (χ3n) is 2.86. The van der Waals surface area contributed by atoms with Gasteiger partial charge in [-0.1, -0.05) is 13.8 Å². The van der Waals surface area contributed by atoms with E-state index in [1.807, 2.05) is 0 Å². The predicted molar refractivity (Wildman–Crippen MR) is 59.4 cm³/mol. The maximum absolute atomic E-state index is 8.89. The molecule has 84 valence electrons. The van der Waals surface area contributed by atoms with Gasteiger partial charge in [0.2, 0.25) is 0 Å². The topological polar surface area (TPSA) is 26.7 Å². The van der Waals surface area contributed by atoms with Crippen molar-refractivity contribution in [2.45, 2.75) is 26.8 Å². The summed E-state index contributed by atoms with van der Waals surface area (Å²) in [6.45, 7) is 12.5. The summed E-state index contributed by atoms with van der Waals surface area (Å²) in [4.78, 5) is 4.90. The Morgan fingerprint density at radius 2 is 2.07 bits per heavy atom. The SMILES string of the molecule is CC(C)CN1CCN(CCO)[C@@H](C)C1. The minimum atomic E-state index is 0.286. The third kappa shape index (κ3) is 3.56. The van der Waals surface area contributed by atoms with Gasteiger partial charge in [0.05, 0.1) is 6.61 Å². The minimum absolute atomic E-state index is 0.286. The summed E-state index contributed by atoms with van der Waals surface area (Å²) in [5.41, 5.74) is 0. The highest BCUT2D eigenvalue weighted by atomic mass is 16.3. The molecule has 1 aliphatic heterocycles. The molecule has 0 saturated carbocycles. The molecule has 3 heteroatoms. The van der Waals surface area contributed by atoms with E-state index in [-0.39, 0.29) is 6.61 Å². The first-order valence-electron chi connectivity index (χ1n) is 5.70. The Hall–Kier alpha value is -0.120. The zero-order valence-electron chi connectivity index (χ0n) is 9.74. The van der Waals surface area contributed by atoms with Gasteiger partial charge in [-0.3, -0.25) is 4.90 Å². The summed E-state index contributed by atoms with van der Waals surface area (Å²) < 4.78 is 0. The molecule has 1 rings (SSSR count). The Morgan fingerprint density at radius 3 is 2.57 bits per heavy atom. The highest BCUT2D eigenvalue weighted by Crippen LogP contribution is 2.10. The van der Waals surface area contributed by atoms with Crippen molar-refractivity contribution in [1.29, 1.82) is 0 Å². The van der Waals surface area contributed by atoms with Gasteiger partial charge in [0.25, 0.3) is 0 Å². The van der Waals surface area contributed by atoms with Crippen LogP contribution in [0.15, 0.2) is 0 Å². The number of aliphatic hydroxyl groups excluding tert-OH is 1. The van der Waals surface area contributed by atoms with E-state index in [0.717, 1.165) is 32.1 Å². The van der Waals surface area contributed by atoms with Crippen molar-refractivity contribution in [3.63, 3.8) is 0 Å². The van der Waals surface area contributed by atoms with Gasteiger partial charge in [-0.2, -0.15) is 0 Å². The molecule has 1 fully saturated rings. The molecule has 0 aromatic rings. The van der Waals surface area contributed by atoms with Crippen molar-refractivity contribution in [3.8, 4) is 0 Å². The number of rotatable bonds is 4. The lowest BCUT2D eigenvalue weighted by Crippen LogP contribution is -2.53. The first-order chi connectivity index (χ1) is 6.63. The molecule has 0 aromatic carbocycles. The second kappa shape index (κ2) is 5.69. The van der Waals surface area contributed by atoms with Crippen molar-refractivity contribution >= 4 is 0 Å². The highest BCUT2D eigenvalue weighted by Gasteiger charge is 2.22. The van der Waals surface area contributed by atoms with Crippen molar-refractivity contribution < 1.29 is 5.11 Å². The molecule has 14 heavy (non-hydrogen) atoms. The van der Waals surface area contributed by atoms with Gasteiger partial charge in [0.1, 0.15) is 0 Å². The van der Waals surface area contributed by atoms with Crippen molar-refractivity contribution in [3.05, 3.63) is 0 Å². The van der Waals surface area contributed by atoms with Crippen LogP contribution in [0.1, 0.15) is 20.8 Å². The van der Waals surface area contributed by atoms with Gasteiger partial charge in [0.15, 0.2) is 0 Å². The Bertz CT molecular complexity index is 161. The summed E-state index contributed by atoms with van der Waals surface area (Å²) in [7, 11) is 0. The average Bonchev–Trinajstić information content (AvgIpc) is 2.09. The largest absolute Gasteiger partial charge is 0.395 e. The Labute approximate surface area is 87.7 Å². The molecule has 1 heterocycles. The van der Waals surface area contributed by atoms with Gasteiger partial charge >= 0.3 is 0 Å². The molecule has 0 amide bonds. The van der Waals surface area contributed by atoms with Crippen LogP contribution in [0.2, 0.25) is 0 Å². The van der Waals surface area contributed by atoms with Gasteiger partial charge < -0.3 is 10.0 Å². The minimum Gasteiger partial charge on any atom is -0.395 e.